The summed E-state index contributed by atoms with van der Waals surface area (Å²) in [6.45, 7) is 6.47. The third-order valence-corrected chi connectivity index (χ3v) is 11.5. The summed E-state index contributed by atoms with van der Waals surface area (Å²) in [5.41, 5.74) is 0. The van der Waals surface area contributed by atoms with Crippen molar-refractivity contribution in [3.05, 3.63) is 60.8 Å². The van der Waals surface area contributed by atoms with E-state index in [1.165, 1.54) is 122 Å². The summed E-state index contributed by atoms with van der Waals surface area (Å²) in [5, 5.41) is 0. The second-order valence-electron chi connectivity index (χ2n) is 17.7. The summed E-state index contributed by atoms with van der Waals surface area (Å²) >= 11 is 0. The Labute approximate surface area is 390 Å². The Hall–Kier alpha value is -2.89. The third kappa shape index (κ3) is 50.0. The van der Waals surface area contributed by atoms with Gasteiger partial charge in [0.05, 0.1) is 0 Å². The number of allylic oxidation sites excluding steroid dienone is 10. The molecule has 364 valence electrons. The summed E-state index contributed by atoms with van der Waals surface area (Å²) in [6.07, 6.45) is 63.5. The molecule has 6 heteroatoms. The standard InChI is InChI=1S/C57H100O6/c1-4-7-10-13-16-19-22-24-26-27-28-29-31-32-35-38-41-44-47-50-56(59)62-53-54(52-61-55(58)49-46-43-40-37-34-21-18-15-12-9-6-3)63-57(60)51-48-45-42-39-36-33-30-25-23-20-17-14-11-8-5-2/h8,11,15,17-18,20,24-26,30,54H,4-7,9-10,12-14,16,19,21-23,27-29,31-53H2,1-3H3/b11-8-,18-15-,20-17-,26-24-,30-25-. The molecule has 0 rings (SSSR count). The van der Waals surface area contributed by atoms with Crippen LogP contribution in [0.1, 0.15) is 265 Å². The van der Waals surface area contributed by atoms with Gasteiger partial charge in [-0.15, -0.1) is 0 Å². The predicted octanol–water partition coefficient (Wildman–Crippen LogP) is 17.6. The Kier molecular flexibility index (Phi) is 49.4. The SMILES string of the molecule is CC/C=C\C/C=C\C/C=C\CCCCCCCC(=O)OC(COC(=O)CCCCCCC/C=C\CCCC)COC(=O)CCCCCCCCCCC/C=C\CCCCCCCC. The lowest BCUT2D eigenvalue weighted by atomic mass is 10.1. The first-order valence-electron chi connectivity index (χ1n) is 26.8. The molecule has 63 heavy (non-hydrogen) atoms. The average Bonchev–Trinajstić information content (AvgIpc) is 3.28. The highest BCUT2D eigenvalue weighted by atomic mass is 16.6. The first-order chi connectivity index (χ1) is 31.0. The minimum atomic E-state index is -0.786. The Morgan fingerprint density at radius 1 is 0.333 bits per heavy atom. The molecule has 0 saturated carbocycles. The van der Waals surface area contributed by atoms with Crippen molar-refractivity contribution in [1.29, 1.82) is 0 Å². The topological polar surface area (TPSA) is 78.9 Å². The van der Waals surface area contributed by atoms with Crippen molar-refractivity contribution in [2.75, 3.05) is 13.2 Å². The van der Waals surface area contributed by atoms with Gasteiger partial charge < -0.3 is 14.2 Å². The van der Waals surface area contributed by atoms with E-state index in [4.69, 9.17) is 14.2 Å². The Morgan fingerprint density at radius 3 is 1.03 bits per heavy atom. The first kappa shape index (κ1) is 60.1. The smallest absolute Gasteiger partial charge is 0.306 e. The van der Waals surface area contributed by atoms with Crippen LogP contribution in [0, 0.1) is 0 Å². The predicted molar refractivity (Wildman–Crippen MR) is 270 cm³/mol. The van der Waals surface area contributed by atoms with E-state index >= 15 is 0 Å². The van der Waals surface area contributed by atoms with Gasteiger partial charge >= 0.3 is 17.9 Å². The minimum Gasteiger partial charge on any atom is -0.462 e. The lowest BCUT2D eigenvalue weighted by molar-refractivity contribution is -0.167. The van der Waals surface area contributed by atoms with Crippen LogP contribution in [0.2, 0.25) is 0 Å². The van der Waals surface area contributed by atoms with E-state index in [-0.39, 0.29) is 31.1 Å². The molecule has 0 N–H and O–H groups in total. The van der Waals surface area contributed by atoms with Gasteiger partial charge in [0.25, 0.3) is 0 Å². The molecule has 0 aliphatic heterocycles. The lowest BCUT2D eigenvalue weighted by Crippen LogP contribution is -2.30. The van der Waals surface area contributed by atoms with Crippen molar-refractivity contribution < 1.29 is 28.6 Å². The average molecular weight is 881 g/mol. The first-order valence-corrected chi connectivity index (χ1v) is 26.8. The van der Waals surface area contributed by atoms with Gasteiger partial charge in [0, 0.05) is 19.3 Å². The van der Waals surface area contributed by atoms with Crippen molar-refractivity contribution in [1.82, 2.24) is 0 Å². The van der Waals surface area contributed by atoms with Crippen LogP contribution in [0.3, 0.4) is 0 Å². The fourth-order valence-electron chi connectivity index (χ4n) is 7.43. The van der Waals surface area contributed by atoms with E-state index in [0.29, 0.717) is 19.3 Å². The monoisotopic (exact) mass is 881 g/mol. The molecule has 0 fully saturated rings. The van der Waals surface area contributed by atoms with Crippen molar-refractivity contribution in [3.8, 4) is 0 Å². The van der Waals surface area contributed by atoms with Crippen LogP contribution < -0.4 is 0 Å². The highest BCUT2D eigenvalue weighted by Gasteiger charge is 2.19. The summed E-state index contributed by atoms with van der Waals surface area (Å²) in [6, 6.07) is 0. The van der Waals surface area contributed by atoms with Crippen molar-refractivity contribution in [2.24, 2.45) is 0 Å². The number of esters is 3. The van der Waals surface area contributed by atoms with Gasteiger partial charge in [0.2, 0.25) is 0 Å². The molecule has 0 aromatic carbocycles. The van der Waals surface area contributed by atoms with Gasteiger partial charge in [0.1, 0.15) is 13.2 Å². The molecular weight excluding hydrogens is 781 g/mol. The minimum absolute atomic E-state index is 0.0844. The van der Waals surface area contributed by atoms with Crippen LogP contribution in [0.4, 0.5) is 0 Å². The summed E-state index contributed by atoms with van der Waals surface area (Å²) < 4.78 is 16.8. The van der Waals surface area contributed by atoms with E-state index in [1.807, 2.05) is 0 Å². The molecule has 6 nitrogen and oxygen atoms in total. The van der Waals surface area contributed by atoms with Crippen LogP contribution in [0.25, 0.3) is 0 Å². The molecule has 0 aromatic rings. The maximum Gasteiger partial charge on any atom is 0.306 e. The number of hydrogen-bond donors (Lipinski definition) is 0. The number of carbonyl (C=O) groups is 3. The summed E-state index contributed by atoms with van der Waals surface area (Å²) in [4.78, 5) is 38.0. The zero-order chi connectivity index (χ0) is 45.8. The molecule has 0 aromatic heterocycles. The van der Waals surface area contributed by atoms with E-state index in [1.54, 1.807) is 0 Å². The third-order valence-electron chi connectivity index (χ3n) is 11.5. The van der Waals surface area contributed by atoms with Gasteiger partial charge in [-0.3, -0.25) is 14.4 Å². The van der Waals surface area contributed by atoms with Crippen molar-refractivity contribution in [3.63, 3.8) is 0 Å². The zero-order valence-electron chi connectivity index (χ0n) is 41.6. The van der Waals surface area contributed by atoms with Crippen LogP contribution in [0.5, 0.6) is 0 Å². The number of hydrogen-bond acceptors (Lipinski definition) is 6. The molecule has 0 saturated heterocycles. The lowest BCUT2D eigenvalue weighted by Gasteiger charge is -2.18. The molecule has 0 radical (unpaired) electrons. The number of unbranched alkanes of at least 4 members (excludes halogenated alkanes) is 27. The number of rotatable bonds is 48. The summed E-state index contributed by atoms with van der Waals surface area (Å²) in [5.74, 6) is -0.909. The van der Waals surface area contributed by atoms with Gasteiger partial charge in [0.15, 0.2) is 6.10 Å². The molecule has 0 aliphatic carbocycles. The largest absolute Gasteiger partial charge is 0.462 e. The second kappa shape index (κ2) is 51.7. The Morgan fingerprint density at radius 2 is 0.635 bits per heavy atom. The van der Waals surface area contributed by atoms with E-state index in [0.717, 1.165) is 103 Å². The fraction of sp³-hybridized carbons (Fsp3) is 0.772. The van der Waals surface area contributed by atoms with Crippen LogP contribution in [-0.4, -0.2) is 37.2 Å². The Bertz CT molecular complexity index is 1150. The molecule has 0 heterocycles. The van der Waals surface area contributed by atoms with Crippen molar-refractivity contribution >= 4 is 17.9 Å². The molecular formula is C57H100O6. The molecule has 0 spiro atoms. The van der Waals surface area contributed by atoms with Crippen molar-refractivity contribution in [2.45, 2.75) is 271 Å². The van der Waals surface area contributed by atoms with E-state index < -0.39 is 6.10 Å². The van der Waals surface area contributed by atoms with E-state index in [9.17, 15) is 14.4 Å². The van der Waals surface area contributed by atoms with Crippen LogP contribution in [-0.2, 0) is 28.6 Å². The van der Waals surface area contributed by atoms with E-state index in [2.05, 4.69) is 81.5 Å². The number of carbonyl (C=O) groups excluding carboxylic acids is 3. The number of ether oxygens (including phenoxy) is 3. The highest BCUT2D eigenvalue weighted by molar-refractivity contribution is 5.71. The zero-order valence-corrected chi connectivity index (χ0v) is 41.6. The molecule has 0 aliphatic rings. The molecule has 0 bridgehead atoms. The van der Waals surface area contributed by atoms with Gasteiger partial charge in [-0.2, -0.15) is 0 Å². The molecule has 0 amide bonds. The van der Waals surface area contributed by atoms with Gasteiger partial charge in [-0.25, -0.2) is 0 Å². The second-order valence-corrected chi connectivity index (χ2v) is 17.7. The maximum atomic E-state index is 12.8. The maximum absolute atomic E-state index is 12.8. The normalized spacial score (nSPS) is 12.5. The summed E-state index contributed by atoms with van der Waals surface area (Å²) in [7, 11) is 0. The van der Waals surface area contributed by atoms with Crippen LogP contribution >= 0.6 is 0 Å². The van der Waals surface area contributed by atoms with Crippen LogP contribution in [0.15, 0.2) is 60.8 Å². The highest BCUT2D eigenvalue weighted by Crippen LogP contribution is 2.15. The molecule has 1 atom stereocenters. The van der Waals surface area contributed by atoms with Gasteiger partial charge in [-0.1, -0.05) is 210 Å². The fourth-order valence-corrected chi connectivity index (χ4v) is 7.43. The molecule has 1 unspecified atom stereocenters. The van der Waals surface area contributed by atoms with Gasteiger partial charge in [-0.05, 0) is 96.3 Å². The Balaban J connectivity index is 4.35. The quantitative estimate of drug-likeness (QED) is 0.0262.